The highest BCUT2D eigenvalue weighted by Gasteiger charge is 2.17. The maximum atomic E-state index is 8.96. The third-order valence-electron chi connectivity index (χ3n) is 3.90. The molecule has 0 aliphatic heterocycles. The van der Waals surface area contributed by atoms with E-state index in [0.29, 0.717) is 6.04 Å². The van der Waals surface area contributed by atoms with Gasteiger partial charge in [0.05, 0.1) is 11.6 Å². The van der Waals surface area contributed by atoms with Gasteiger partial charge in [-0.05, 0) is 53.2 Å². The van der Waals surface area contributed by atoms with Crippen LogP contribution in [0.3, 0.4) is 0 Å². The number of hydrogen-bond donors (Lipinski definition) is 1. The normalized spacial score (nSPS) is 12.3. The van der Waals surface area contributed by atoms with Crippen LogP contribution in [0, 0.1) is 11.3 Å². The minimum atomic E-state index is 0.403. The van der Waals surface area contributed by atoms with E-state index >= 15 is 0 Å². The van der Waals surface area contributed by atoms with Crippen molar-refractivity contribution in [2.45, 2.75) is 26.4 Å². The Morgan fingerprint density at radius 3 is 2.73 bits per heavy atom. The van der Waals surface area contributed by atoms with Crippen LogP contribution in [0.2, 0.25) is 0 Å². The lowest BCUT2D eigenvalue weighted by atomic mass is 10.1. The monoisotopic (exact) mass is 313 g/mol. The van der Waals surface area contributed by atoms with Crippen molar-refractivity contribution < 1.29 is 0 Å². The van der Waals surface area contributed by atoms with E-state index in [4.69, 9.17) is 5.26 Å². The number of nitrogens with zero attached hydrogens (tertiary/aromatic N) is 2. The van der Waals surface area contributed by atoms with Gasteiger partial charge in [-0.15, -0.1) is 0 Å². The number of rotatable bonds is 8. The first kappa shape index (κ1) is 16.7. The summed E-state index contributed by atoms with van der Waals surface area (Å²) in [7, 11) is 0. The van der Waals surface area contributed by atoms with E-state index in [9.17, 15) is 0 Å². The summed E-state index contributed by atoms with van der Waals surface area (Å²) in [4.78, 5) is 2.47. The van der Waals surface area contributed by atoms with Crippen molar-refractivity contribution in [2.75, 3.05) is 19.6 Å². The first-order chi connectivity index (χ1) is 10.8. The zero-order chi connectivity index (χ0) is 15.8. The molecule has 3 nitrogen and oxygen atoms in total. The van der Waals surface area contributed by atoms with Gasteiger partial charge in [-0.3, -0.25) is 4.90 Å². The van der Waals surface area contributed by atoms with E-state index < -0.39 is 0 Å². The first-order valence-electron chi connectivity index (χ1n) is 7.74. The highest BCUT2D eigenvalue weighted by atomic mass is 32.1. The molecule has 0 saturated carbocycles. The average Bonchev–Trinajstić information content (AvgIpc) is 3.09. The van der Waals surface area contributed by atoms with E-state index in [0.717, 1.165) is 37.3 Å². The highest BCUT2D eigenvalue weighted by Crippen LogP contribution is 2.22. The molecule has 116 valence electrons. The molecule has 1 unspecified atom stereocenters. The quantitative estimate of drug-likeness (QED) is 0.806. The van der Waals surface area contributed by atoms with Gasteiger partial charge in [0.1, 0.15) is 0 Å². The van der Waals surface area contributed by atoms with Gasteiger partial charge >= 0.3 is 0 Å². The summed E-state index contributed by atoms with van der Waals surface area (Å²) in [6.07, 6.45) is 0. The van der Waals surface area contributed by atoms with Gasteiger partial charge < -0.3 is 5.32 Å². The van der Waals surface area contributed by atoms with Gasteiger partial charge in [0.25, 0.3) is 0 Å². The number of thiophene rings is 1. The van der Waals surface area contributed by atoms with Crippen molar-refractivity contribution in [3.8, 4) is 6.07 Å². The summed E-state index contributed by atoms with van der Waals surface area (Å²) in [5.41, 5.74) is 3.26. The lowest BCUT2D eigenvalue weighted by Gasteiger charge is -2.29. The number of nitrogens with one attached hydrogen (secondary N) is 1. The largest absolute Gasteiger partial charge is 0.311 e. The Labute approximate surface area is 137 Å². The third kappa shape index (κ3) is 4.41. The minimum Gasteiger partial charge on any atom is -0.311 e. The van der Waals surface area contributed by atoms with Gasteiger partial charge in [0.2, 0.25) is 0 Å². The maximum absolute atomic E-state index is 8.96. The molecule has 0 radical (unpaired) electrons. The van der Waals surface area contributed by atoms with Gasteiger partial charge in [0.15, 0.2) is 0 Å². The van der Waals surface area contributed by atoms with Crippen molar-refractivity contribution in [2.24, 2.45) is 0 Å². The van der Waals surface area contributed by atoms with Crippen molar-refractivity contribution in [1.82, 2.24) is 10.2 Å². The molecule has 1 atom stereocenters. The fourth-order valence-corrected chi connectivity index (χ4v) is 3.40. The second kappa shape index (κ2) is 8.70. The summed E-state index contributed by atoms with van der Waals surface area (Å²) >= 11 is 1.75. The van der Waals surface area contributed by atoms with E-state index in [1.807, 2.05) is 18.2 Å². The van der Waals surface area contributed by atoms with Gasteiger partial charge in [-0.2, -0.15) is 16.6 Å². The molecule has 1 aromatic carbocycles. The SMILES string of the molecule is CCN(CC)C(CNCc1cccc(C#N)c1)c1ccsc1. The molecular weight excluding hydrogens is 290 g/mol. The van der Waals surface area contributed by atoms with E-state index in [2.05, 4.69) is 53.0 Å². The van der Waals surface area contributed by atoms with Crippen LogP contribution in [-0.4, -0.2) is 24.5 Å². The highest BCUT2D eigenvalue weighted by molar-refractivity contribution is 7.07. The molecule has 0 spiro atoms. The van der Waals surface area contributed by atoms with Crippen molar-refractivity contribution in [3.05, 3.63) is 57.8 Å². The fraction of sp³-hybridized carbons (Fsp3) is 0.389. The molecule has 2 aromatic rings. The van der Waals surface area contributed by atoms with Crippen LogP contribution in [0.5, 0.6) is 0 Å². The predicted molar refractivity (Wildman–Crippen MR) is 92.8 cm³/mol. The van der Waals surface area contributed by atoms with Crippen LogP contribution in [-0.2, 0) is 6.54 Å². The Bertz CT molecular complexity index is 597. The molecule has 0 saturated heterocycles. The summed E-state index contributed by atoms with van der Waals surface area (Å²) < 4.78 is 0. The third-order valence-corrected chi connectivity index (χ3v) is 4.61. The van der Waals surface area contributed by atoms with Crippen LogP contribution in [0.25, 0.3) is 0 Å². The molecular formula is C18H23N3S. The summed E-state index contributed by atoms with van der Waals surface area (Å²) in [5, 5.41) is 16.9. The van der Waals surface area contributed by atoms with Crippen LogP contribution < -0.4 is 5.32 Å². The molecule has 0 aliphatic rings. The number of nitriles is 1. The zero-order valence-corrected chi connectivity index (χ0v) is 14.1. The summed E-state index contributed by atoms with van der Waals surface area (Å²) in [6.45, 7) is 8.20. The second-order valence-electron chi connectivity index (χ2n) is 5.24. The van der Waals surface area contributed by atoms with Gasteiger partial charge in [0, 0.05) is 19.1 Å². The molecule has 0 bridgehead atoms. The number of hydrogen-bond acceptors (Lipinski definition) is 4. The molecule has 1 heterocycles. The Balaban J connectivity index is 1.98. The molecule has 4 heteroatoms. The van der Waals surface area contributed by atoms with Crippen molar-refractivity contribution in [1.29, 1.82) is 5.26 Å². The van der Waals surface area contributed by atoms with Crippen molar-refractivity contribution >= 4 is 11.3 Å². The van der Waals surface area contributed by atoms with Crippen LogP contribution in [0.4, 0.5) is 0 Å². The molecule has 0 amide bonds. The average molecular weight is 313 g/mol. The van der Waals surface area contributed by atoms with Crippen LogP contribution in [0.1, 0.15) is 36.6 Å². The smallest absolute Gasteiger partial charge is 0.0991 e. The van der Waals surface area contributed by atoms with Crippen LogP contribution in [0.15, 0.2) is 41.1 Å². The predicted octanol–water partition coefficient (Wildman–Crippen LogP) is 3.79. The molecule has 0 fully saturated rings. The summed E-state index contributed by atoms with van der Waals surface area (Å²) in [6, 6.07) is 12.6. The maximum Gasteiger partial charge on any atom is 0.0991 e. The Kier molecular flexibility index (Phi) is 6.60. The van der Waals surface area contributed by atoms with E-state index in [1.165, 1.54) is 5.56 Å². The molecule has 2 rings (SSSR count). The Hall–Kier alpha value is -1.67. The Morgan fingerprint density at radius 2 is 2.09 bits per heavy atom. The summed E-state index contributed by atoms with van der Waals surface area (Å²) in [5.74, 6) is 0. The topological polar surface area (TPSA) is 39.1 Å². The first-order valence-corrected chi connectivity index (χ1v) is 8.68. The molecule has 1 aromatic heterocycles. The standard InChI is InChI=1S/C18H23N3S/c1-3-21(4-2)18(17-8-9-22-14-17)13-20-12-16-7-5-6-15(10-16)11-19/h5-10,14,18,20H,3-4,12-13H2,1-2H3. The van der Waals surface area contributed by atoms with Gasteiger partial charge in [-0.25, -0.2) is 0 Å². The molecule has 0 aliphatic carbocycles. The Morgan fingerprint density at radius 1 is 1.27 bits per heavy atom. The lowest BCUT2D eigenvalue weighted by molar-refractivity contribution is 0.213. The van der Waals surface area contributed by atoms with Crippen molar-refractivity contribution in [3.63, 3.8) is 0 Å². The molecule has 22 heavy (non-hydrogen) atoms. The fourth-order valence-electron chi connectivity index (χ4n) is 2.69. The van der Waals surface area contributed by atoms with Gasteiger partial charge in [-0.1, -0.05) is 26.0 Å². The number of benzene rings is 1. The number of likely N-dealkylation sites (N-methyl/N-ethyl adjacent to an activating group) is 1. The minimum absolute atomic E-state index is 0.403. The second-order valence-corrected chi connectivity index (χ2v) is 6.02. The van der Waals surface area contributed by atoms with Crippen LogP contribution >= 0.6 is 11.3 Å². The van der Waals surface area contributed by atoms with E-state index in [1.54, 1.807) is 11.3 Å². The molecule has 1 N–H and O–H groups in total. The lowest BCUT2D eigenvalue weighted by Crippen LogP contribution is -2.35. The zero-order valence-electron chi connectivity index (χ0n) is 13.2. The van der Waals surface area contributed by atoms with E-state index in [-0.39, 0.29) is 0 Å².